The highest BCUT2D eigenvalue weighted by atomic mass is 32.3. The van der Waals surface area contributed by atoms with Crippen molar-refractivity contribution in [3.63, 3.8) is 0 Å². The predicted molar refractivity (Wildman–Crippen MR) is 103 cm³/mol. The van der Waals surface area contributed by atoms with Gasteiger partial charge in [-0.3, -0.25) is 18.5 Å². The summed E-state index contributed by atoms with van der Waals surface area (Å²) in [5, 5.41) is 28.8. The van der Waals surface area contributed by atoms with Gasteiger partial charge in [0, 0.05) is 6.42 Å². The van der Waals surface area contributed by atoms with E-state index in [-0.39, 0.29) is 0 Å². The first kappa shape index (κ1) is 30.6. The van der Waals surface area contributed by atoms with Crippen molar-refractivity contribution in [3.8, 4) is 0 Å². The normalized spacial score (nSPS) is 34.2. The number of rotatable bonds is 11. The SMILES string of the molecule is O=C(O)CC1CC(OS(=O)(=O)O)C(OS(=O)(=O)O)C(OC2C(C(=O)O)OCC(OS(=O)(=O)O)C2O)O1. The topological polar surface area (TPSA) is 313 Å². The van der Waals surface area contributed by atoms with Gasteiger partial charge in [-0.2, -0.15) is 25.3 Å². The minimum Gasteiger partial charge on any atom is -0.481 e. The lowest BCUT2D eigenvalue weighted by molar-refractivity contribution is -0.306. The Morgan fingerprint density at radius 1 is 0.833 bits per heavy atom. The minimum absolute atomic E-state index is 0.799. The lowest BCUT2D eigenvalue weighted by Gasteiger charge is -2.43. The molecule has 2 saturated heterocycles. The Balaban J connectivity index is 2.48. The summed E-state index contributed by atoms with van der Waals surface area (Å²) in [6.45, 7) is -0.926. The summed E-state index contributed by atoms with van der Waals surface area (Å²) < 4.78 is 122. The van der Waals surface area contributed by atoms with Crippen molar-refractivity contribution in [2.45, 2.75) is 61.9 Å². The average Bonchev–Trinajstić information content (AvgIpc) is 2.63. The first-order valence-corrected chi connectivity index (χ1v) is 13.4. The van der Waals surface area contributed by atoms with Crippen LogP contribution < -0.4 is 0 Å². The fourth-order valence-electron chi connectivity index (χ4n) is 3.37. The van der Waals surface area contributed by atoms with Crippen molar-refractivity contribution < 1.29 is 90.6 Å². The number of carbonyl (C=O) groups is 2. The maximum Gasteiger partial charge on any atom is 0.397 e. The highest BCUT2D eigenvalue weighted by Crippen LogP contribution is 2.33. The zero-order valence-electron chi connectivity index (χ0n) is 17.4. The molecule has 0 aromatic rings. The molecule has 0 aromatic heterocycles. The Morgan fingerprint density at radius 2 is 1.36 bits per heavy atom. The first-order valence-electron chi connectivity index (χ1n) is 9.28. The van der Waals surface area contributed by atoms with E-state index in [0.717, 1.165) is 0 Å². The number of hydrogen-bond donors (Lipinski definition) is 6. The Kier molecular flexibility index (Phi) is 9.71. The van der Waals surface area contributed by atoms with Crippen molar-refractivity contribution in [2.75, 3.05) is 6.61 Å². The van der Waals surface area contributed by atoms with Gasteiger partial charge in [0.05, 0.1) is 19.1 Å². The van der Waals surface area contributed by atoms with Crippen LogP contribution >= 0.6 is 0 Å². The first-order chi connectivity index (χ1) is 16.3. The van der Waals surface area contributed by atoms with Gasteiger partial charge in [0.2, 0.25) is 0 Å². The fraction of sp³-hybridized carbons (Fsp3) is 0.846. The third-order valence-corrected chi connectivity index (χ3v) is 6.02. The molecule has 0 spiro atoms. The molecule has 20 nitrogen and oxygen atoms in total. The van der Waals surface area contributed by atoms with Crippen LogP contribution in [0.5, 0.6) is 0 Å². The quantitative estimate of drug-likeness (QED) is 0.126. The van der Waals surface area contributed by atoms with Crippen molar-refractivity contribution in [2.24, 2.45) is 0 Å². The van der Waals surface area contributed by atoms with Crippen LogP contribution in [0.2, 0.25) is 0 Å². The number of carboxylic acid groups (broad SMARTS) is 2. The molecule has 36 heavy (non-hydrogen) atoms. The van der Waals surface area contributed by atoms with Crippen molar-refractivity contribution in [3.05, 3.63) is 0 Å². The van der Waals surface area contributed by atoms with E-state index in [1.165, 1.54) is 0 Å². The van der Waals surface area contributed by atoms with Crippen LogP contribution in [0.1, 0.15) is 12.8 Å². The molecule has 0 aromatic carbocycles. The summed E-state index contributed by atoms with van der Waals surface area (Å²) in [6, 6.07) is 0. The number of carboxylic acids is 2. The molecule has 2 aliphatic rings. The third-order valence-electron chi connectivity index (χ3n) is 4.57. The molecular formula is C13H20O20S3. The van der Waals surface area contributed by atoms with Gasteiger partial charge in [-0.1, -0.05) is 0 Å². The number of ether oxygens (including phenoxy) is 3. The molecule has 8 atom stereocenters. The van der Waals surface area contributed by atoms with Gasteiger partial charge in [0.25, 0.3) is 0 Å². The lowest BCUT2D eigenvalue weighted by Crippen LogP contribution is -2.61. The molecule has 0 bridgehead atoms. The second-order valence-corrected chi connectivity index (χ2v) is 10.4. The third kappa shape index (κ3) is 9.36. The summed E-state index contributed by atoms with van der Waals surface area (Å²) in [7, 11) is -16.1. The standard InChI is InChI=1S/C13H20O20S3/c14-7(15)2-4-1-5(31-34(19,20)21)9(33-36(25,26)27)13(29-4)30-10-8(16)6(32-35(22,23)24)3-28-11(10)12(17)18/h4-6,8-11,13,16H,1-3H2,(H,14,15)(H,17,18)(H,19,20,21)(H,22,23,24)(H,25,26,27). The van der Waals surface area contributed by atoms with E-state index in [1.807, 2.05) is 0 Å². The van der Waals surface area contributed by atoms with Gasteiger partial charge in [-0.25, -0.2) is 17.3 Å². The number of aliphatic hydroxyl groups is 1. The minimum atomic E-state index is -5.48. The largest absolute Gasteiger partial charge is 0.481 e. The summed E-state index contributed by atoms with van der Waals surface area (Å²) >= 11 is 0. The van der Waals surface area contributed by atoms with Crippen LogP contribution in [0.25, 0.3) is 0 Å². The van der Waals surface area contributed by atoms with Gasteiger partial charge in [-0.05, 0) is 0 Å². The molecule has 6 N–H and O–H groups in total. The molecule has 0 radical (unpaired) electrons. The average molecular weight is 592 g/mol. The maximum absolute atomic E-state index is 11.6. The number of aliphatic carboxylic acids is 2. The Hall–Kier alpha value is -1.61. The van der Waals surface area contributed by atoms with Crippen molar-refractivity contribution in [1.82, 2.24) is 0 Å². The van der Waals surface area contributed by atoms with Crippen LogP contribution in [0.4, 0.5) is 0 Å². The van der Waals surface area contributed by atoms with E-state index in [0.29, 0.717) is 0 Å². The van der Waals surface area contributed by atoms with Crippen LogP contribution in [-0.4, -0.2) is 122 Å². The molecule has 0 amide bonds. The molecule has 0 saturated carbocycles. The van der Waals surface area contributed by atoms with Crippen molar-refractivity contribution >= 4 is 43.1 Å². The van der Waals surface area contributed by atoms with E-state index in [4.69, 9.17) is 33.0 Å². The van der Waals surface area contributed by atoms with Gasteiger partial charge in [0.1, 0.15) is 24.4 Å². The van der Waals surface area contributed by atoms with E-state index < -0.39 is 112 Å². The zero-order valence-corrected chi connectivity index (χ0v) is 19.8. The number of hydrogen-bond acceptors (Lipinski definition) is 15. The summed E-state index contributed by atoms with van der Waals surface area (Å²) in [5.41, 5.74) is 0. The molecule has 2 rings (SSSR count). The highest BCUT2D eigenvalue weighted by Gasteiger charge is 2.52. The zero-order chi connectivity index (χ0) is 27.6. The predicted octanol–water partition coefficient (Wildman–Crippen LogP) is -3.63. The monoisotopic (exact) mass is 592 g/mol. The highest BCUT2D eigenvalue weighted by molar-refractivity contribution is 7.81. The maximum atomic E-state index is 11.6. The Bertz CT molecular complexity index is 1130. The van der Waals surface area contributed by atoms with E-state index >= 15 is 0 Å². The number of aliphatic hydroxyl groups excluding tert-OH is 1. The van der Waals surface area contributed by atoms with Crippen LogP contribution in [-0.2, 0) is 67.5 Å². The Morgan fingerprint density at radius 3 is 1.83 bits per heavy atom. The van der Waals surface area contributed by atoms with Crippen LogP contribution in [0.3, 0.4) is 0 Å². The van der Waals surface area contributed by atoms with Gasteiger partial charge < -0.3 is 29.5 Å². The second kappa shape index (κ2) is 11.4. The molecule has 2 fully saturated rings. The molecular weight excluding hydrogens is 572 g/mol. The van der Waals surface area contributed by atoms with Gasteiger partial charge in [-0.15, -0.1) is 0 Å². The van der Waals surface area contributed by atoms with Gasteiger partial charge in [0.15, 0.2) is 18.5 Å². The molecule has 210 valence electrons. The summed E-state index contributed by atoms with van der Waals surface area (Å²) in [5.74, 6) is -3.37. The lowest BCUT2D eigenvalue weighted by atomic mass is 9.98. The van der Waals surface area contributed by atoms with Gasteiger partial charge >= 0.3 is 43.1 Å². The smallest absolute Gasteiger partial charge is 0.397 e. The summed E-state index contributed by atoms with van der Waals surface area (Å²) in [4.78, 5) is 22.7. The van der Waals surface area contributed by atoms with E-state index in [9.17, 15) is 45.1 Å². The van der Waals surface area contributed by atoms with Crippen LogP contribution in [0.15, 0.2) is 0 Å². The van der Waals surface area contributed by atoms with Crippen LogP contribution in [0, 0.1) is 0 Å². The summed E-state index contributed by atoms with van der Waals surface area (Å²) in [6.07, 6.45) is -18.9. The van der Waals surface area contributed by atoms with E-state index in [1.54, 1.807) is 0 Å². The Labute approximate surface area is 202 Å². The fourth-order valence-corrected chi connectivity index (χ4v) is 4.84. The molecule has 8 unspecified atom stereocenters. The molecule has 2 aliphatic heterocycles. The molecule has 2 heterocycles. The molecule has 0 aliphatic carbocycles. The molecule has 23 heteroatoms. The van der Waals surface area contributed by atoms with E-state index in [2.05, 4.69) is 12.5 Å². The second-order valence-electron chi connectivity index (χ2n) is 7.26. The van der Waals surface area contributed by atoms with Crippen molar-refractivity contribution in [1.29, 1.82) is 0 Å².